The second-order valence-electron chi connectivity index (χ2n) is 6.89. The molecule has 1 heterocycles. The molecule has 2 aromatic carbocycles. The SMILES string of the molecule is O=S(=O)(Cc1ccc(F)cc1)N1CC2(CCCC2)c2ccccc21. The summed E-state index contributed by atoms with van der Waals surface area (Å²) in [5.41, 5.74) is 2.58. The van der Waals surface area contributed by atoms with Gasteiger partial charge in [0, 0.05) is 12.0 Å². The average Bonchev–Trinajstić information content (AvgIpc) is 3.17. The summed E-state index contributed by atoms with van der Waals surface area (Å²) in [5, 5.41) is 0. The summed E-state index contributed by atoms with van der Waals surface area (Å²) in [5.74, 6) is -0.454. The van der Waals surface area contributed by atoms with Crippen molar-refractivity contribution in [2.75, 3.05) is 10.8 Å². The zero-order valence-corrected chi connectivity index (χ0v) is 14.2. The number of benzene rings is 2. The lowest BCUT2D eigenvalue weighted by molar-refractivity contribution is 0.477. The monoisotopic (exact) mass is 345 g/mol. The molecule has 2 aromatic rings. The largest absolute Gasteiger partial charge is 0.269 e. The van der Waals surface area contributed by atoms with E-state index in [2.05, 4.69) is 6.07 Å². The van der Waals surface area contributed by atoms with Crippen LogP contribution in [0.5, 0.6) is 0 Å². The van der Waals surface area contributed by atoms with Crippen LogP contribution in [0.15, 0.2) is 48.5 Å². The summed E-state index contributed by atoms with van der Waals surface area (Å²) in [6.07, 6.45) is 4.40. The van der Waals surface area contributed by atoms with Crippen LogP contribution in [0.25, 0.3) is 0 Å². The number of halogens is 1. The minimum Gasteiger partial charge on any atom is -0.269 e. The average molecular weight is 345 g/mol. The molecule has 1 aliphatic heterocycles. The predicted molar refractivity (Wildman–Crippen MR) is 93.0 cm³/mol. The van der Waals surface area contributed by atoms with Gasteiger partial charge in [-0.3, -0.25) is 4.31 Å². The molecule has 1 spiro atoms. The molecule has 0 atom stereocenters. The molecule has 0 radical (unpaired) electrons. The molecule has 24 heavy (non-hydrogen) atoms. The van der Waals surface area contributed by atoms with Crippen LogP contribution in [0.3, 0.4) is 0 Å². The lowest BCUT2D eigenvalue weighted by Gasteiger charge is -2.25. The fraction of sp³-hybridized carbons (Fsp3) is 0.368. The first-order chi connectivity index (χ1) is 11.5. The standard InChI is InChI=1S/C19H20FNO2S/c20-16-9-7-15(8-10-16)13-24(22,23)21-14-19(11-3-4-12-19)17-5-1-2-6-18(17)21/h1-2,5-10H,3-4,11-14H2. The van der Waals surface area contributed by atoms with Crippen LogP contribution in [0, 0.1) is 5.82 Å². The maximum atomic E-state index is 13.1. The van der Waals surface area contributed by atoms with Crippen LogP contribution in [-0.4, -0.2) is 15.0 Å². The molecule has 2 aliphatic rings. The molecule has 1 aliphatic carbocycles. The first-order valence-corrected chi connectivity index (χ1v) is 9.96. The Morgan fingerprint density at radius 3 is 2.38 bits per heavy atom. The molecule has 126 valence electrons. The fourth-order valence-electron chi connectivity index (χ4n) is 4.18. The van der Waals surface area contributed by atoms with Gasteiger partial charge in [-0.05, 0) is 42.2 Å². The van der Waals surface area contributed by atoms with Gasteiger partial charge in [0.1, 0.15) is 5.82 Å². The van der Waals surface area contributed by atoms with E-state index in [4.69, 9.17) is 0 Å². The van der Waals surface area contributed by atoms with Crippen LogP contribution in [-0.2, 0) is 21.2 Å². The summed E-state index contributed by atoms with van der Waals surface area (Å²) in [7, 11) is -3.49. The third-order valence-electron chi connectivity index (χ3n) is 5.35. The van der Waals surface area contributed by atoms with E-state index in [1.165, 1.54) is 17.7 Å². The Hall–Kier alpha value is -1.88. The first kappa shape index (κ1) is 15.6. The summed E-state index contributed by atoms with van der Waals surface area (Å²) in [4.78, 5) is 0. The highest BCUT2D eigenvalue weighted by Crippen LogP contribution is 2.51. The molecule has 3 nitrogen and oxygen atoms in total. The third-order valence-corrected chi connectivity index (χ3v) is 7.04. The summed E-state index contributed by atoms with van der Waals surface area (Å²) in [6, 6.07) is 13.6. The zero-order chi connectivity index (χ0) is 16.8. The highest BCUT2D eigenvalue weighted by molar-refractivity contribution is 7.92. The van der Waals surface area contributed by atoms with E-state index < -0.39 is 10.0 Å². The van der Waals surface area contributed by atoms with Crippen molar-refractivity contribution in [1.82, 2.24) is 0 Å². The second-order valence-corrected chi connectivity index (χ2v) is 8.79. The van der Waals surface area contributed by atoms with Crippen molar-refractivity contribution in [2.45, 2.75) is 36.9 Å². The van der Waals surface area contributed by atoms with E-state index >= 15 is 0 Å². The van der Waals surface area contributed by atoms with Gasteiger partial charge >= 0.3 is 0 Å². The number of rotatable bonds is 3. The quantitative estimate of drug-likeness (QED) is 0.843. The van der Waals surface area contributed by atoms with E-state index in [1.807, 2.05) is 18.2 Å². The first-order valence-electron chi connectivity index (χ1n) is 8.35. The van der Waals surface area contributed by atoms with Gasteiger partial charge < -0.3 is 0 Å². The van der Waals surface area contributed by atoms with E-state index in [0.717, 1.165) is 31.4 Å². The minimum atomic E-state index is -3.49. The number of nitrogens with zero attached hydrogens (tertiary/aromatic N) is 1. The van der Waals surface area contributed by atoms with Crippen molar-refractivity contribution < 1.29 is 12.8 Å². The Labute approximate surface area is 142 Å². The van der Waals surface area contributed by atoms with Crippen LogP contribution >= 0.6 is 0 Å². The van der Waals surface area contributed by atoms with Crippen LogP contribution < -0.4 is 4.31 Å². The Balaban J connectivity index is 1.70. The van der Waals surface area contributed by atoms with Gasteiger partial charge in [-0.2, -0.15) is 0 Å². The summed E-state index contributed by atoms with van der Waals surface area (Å²) < 4.78 is 40.7. The topological polar surface area (TPSA) is 37.4 Å². The smallest absolute Gasteiger partial charge is 0.239 e. The number of para-hydroxylation sites is 1. The fourth-order valence-corrected chi connectivity index (χ4v) is 5.85. The maximum Gasteiger partial charge on any atom is 0.239 e. The van der Waals surface area contributed by atoms with Gasteiger partial charge in [-0.25, -0.2) is 12.8 Å². The molecular weight excluding hydrogens is 325 g/mol. The zero-order valence-electron chi connectivity index (χ0n) is 13.4. The highest BCUT2D eigenvalue weighted by Gasteiger charge is 2.47. The maximum absolute atomic E-state index is 13.1. The Kier molecular flexibility index (Phi) is 3.64. The number of fused-ring (bicyclic) bond motifs is 2. The van der Waals surface area contributed by atoms with Crippen molar-refractivity contribution in [1.29, 1.82) is 0 Å². The van der Waals surface area contributed by atoms with Gasteiger partial charge in [0.25, 0.3) is 0 Å². The molecule has 1 saturated carbocycles. The third kappa shape index (κ3) is 2.51. The highest BCUT2D eigenvalue weighted by atomic mass is 32.2. The number of hydrogen-bond acceptors (Lipinski definition) is 2. The molecule has 0 saturated heterocycles. The Bertz CT molecular complexity index is 855. The normalized spacial score (nSPS) is 19.0. The summed E-state index contributed by atoms with van der Waals surface area (Å²) >= 11 is 0. The molecule has 1 fully saturated rings. The van der Waals surface area contributed by atoms with Crippen molar-refractivity contribution in [3.63, 3.8) is 0 Å². The Morgan fingerprint density at radius 1 is 1.00 bits per heavy atom. The van der Waals surface area contributed by atoms with Crippen LogP contribution in [0.4, 0.5) is 10.1 Å². The lowest BCUT2D eigenvalue weighted by atomic mass is 9.81. The molecule has 0 unspecified atom stereocenters. The predicted octanol–water partition coefficient (Wildman–Crippen LogP) is 3.99. The molecule has 0 aromatic heterocycles. The van der Waals surface area contributed by atoms with Gasteiger partial charge in [-0.15, -0.1) is 0 Å². The molecule has 4 rings (SSSR count). The van der Waals surface area contributed by atoms with Gasteiger partial charge in [0.05, 0.1) is 11.4 Å². The minimum absolute atomic E-state index is 0.0214. The van der Waals surface area contributed by atoms with Gasteiger partial charge in [-0.1, -0.05) is 43.2 Å². The van der Waals surface area contributed by atoms with E-state index in [9.17, 15) is 12.8 Å². The molecule has 5 heteroatoms. The number of hydrogen-bond donors (Lipinski definition) is 0. The van der Waals surface area contributed by atoms with E-state index in [-0.39, 0.29) is 17.0 Å². The Morgan fingerprint density at radius 2 is 1.67 bits per heavy atom. The molecule has 0 bridgehead atoms. The van der Waals surface area contributed by atoms with Gasteiger partial charge in [0.2, 0.25) is 10.0 Å². The van der Waals surface area contributed by atoms with E-state index in [0.29, 0.717) is 12.1 Å². The van der Waals surface area contributed by atoms with Crippen LogP contribution in [0.2, 0.25) is 0 Å². The van der Waals surface area contributed by atoms with Crippen molar-refractivity contribution in [2.24, 2.45) is 0 Å². The molecule has 0 amide bonds. The van der Waals surface area contributed by atoms with Crippen molar-refractivity contribution in [3.05, 3.63) is 65.5 Å². The van der Waals surface area contributed by atoms with E-state index in [1.54, 1.807) is 16.4 Å². The van der Waals surface area contributed by atoms with Crippen molar-refractivity contribution >= 4 is 15.7 Å². The number of anilines is 1. The molecule has 0 N–H and O–H groups in total. The molecular formula is C19H20FNO2S. The number of sulfonamides is 1. The second kappa shape index (κ2) is 5.59. The lowest BCUT2D eigenvalue weighted by Crippen LogP contribution is -2.36. The van der Waals surface area contributed by atoms with Crippen molar-refractivity contribution in [3.8, 4) is 0 Å². The van der Waals surface area contributed by atoms with Gasteiger partial charge in [0.15, 0.2) is 0 Å². The summed E-state index contributed by atoms with van der Waals surface area (Å²) in [6.45, 7) is 0.538. The van der Waals surface area contributed by atoms with Crippen LogP contribution in [0.1, 0.15) is 36.8 Å².